The number of rotatable bonds is 4. The molecule has 0 radical (unpaired) electrons. The van der Waals surface area contributed by atoms with Crippen molar-refractivity contribution in [2.24, 2.45) is 0 Å². The van der Waals surface area contributed by atoms with Gasteiger partial charge in [-0.2, -0.15) is 0 Å². The molecule has 2 heterocycles. The summed E-state index contributed by atoms with van der Waals surface area (Å²) in [6.45, 7) is 4.87. The highest BCUT2D eigenvalue weighted by molar-refractivity contribution is 5.77. The normalized spacial score (nSPS) is 15.8. The number of hydrogen-bond acceptors (Lipinski definition) is 1. The molecule has 0 saturated heterocycles. The molecule has 0 bridgehead atoms. The molecule has 2 aromatic carbocycles. The summed E-state index contributed by atoms with van der Waals surface area (Å²) in [5.41, 5.74) is 5.90. The number of unbranched alkanes of at least 4 members (excludes halogenated alkanes) is 1. The second kappa shape index (κ2) is 7.43. The van der Waals surface area contributed by atoms with Gasteiger partial charge in [-0.15, -0.1) is 0 Å². The van der Waals surface area contributed by atoms with Gasteiger partial charge in [0.15, 0.2) is 0 Å². The van der Waals surface area contributed by atoms with Gasteiger partial charge in [0.1, 0.15) is 0 Å². The second-order valence-corrected chi connectivity index (χ2v) is 7.37. The highest BCUT2D eigenvalue weighted by Crippen LogP contribution is 2.37. The molecule has 3 nitrogen and oxygen atoms in total. The molecule has 138 valence electrons. The fraction of sp³-hybridized carbons (Fsp3) is 0.292. The maximum Gasteiger partial charge on any atom is 0.223 e. The van der Waals surface area contributed by atoms with E-state index in [-0.39, 0.29) is 11.9 Å². The molecule has 0 N–H and O–H groups in total. The maximum absolute atomic E-state index is 13.2. The number of aryl methyl sites for hydroxylation is 1. The van der Waals surface area contributed by atoms with Gasteiger partial charge in [-0.05, 0) is 42.7 Å². The summed E-state index contributed by atoms with van der Waals surface area (Å²) in [6.07, 6.45) is 4.66. The van der Waals surface area contributed by atoms with E-state index in [4.69, 9.17) is 0 Å². The SMILES string of the molecule is CCCCC(=O)N1Cc2ccccc2-n2cccc2[C@@H]1c1ccc(C)cc1. The van der Waals surface area contributed by atoms with Crippen molar-refractivity contribution in [2.45, 2.75) is 45.7 Å². The standard InChI is InChI=1S/C24H26N2O/c1-3-4-11-23(27)26-17-20-8-5-6-9-21(20)25-16-7-10-22(25)24(26)19-14-12-18(2)13-15-19/h5-10,12-16,24H,3-4,11,17H2,1-2H3/t24-/m0/s1. The zero-order chi connectivity index (χ0) is 18.8. The van der Waals surface area contributed by atoms with Crippen LogP contribution in [-0.2, 0) is 11.3 Å². The summed E-state index contributed by atoms with van der Waals surface area (Å²) in [4.78, 5) is 15.3. The van der Waals surface area contributed by atoms with Gasteiger partial charge in [0, 0.05) is 24.9 Å². The summed E-state index contributed by atoms with van der Waals surface area (Å²) in [7, 11) is 0. The van der Waals surface area contributed by atoms with Gasteiger partial charge in [-0.3, -0.25) is 4.79 Å². The van der Waals surface area contributed by atoms with Crippen LogP contribution < -0.4 is 0 Å². The second-order valence-electron chi connectivity index (χ2n) is 7.37. The number of carbonyl (C=O) groups excluding carboxylic acids is 1. The average Bonchev–Trinajstić information content (AvgIpc) is 3.11. The molecule has 1 aliphatic heterocycles. The molecule has 0 aliphatic carbocycles. The van der Waals surface area contributed by atoms with E-state index in [0.29, 0.717) is 13.0 Å². The van der Waals surface area contributed by atoms with Crippen molar-refractivity contribution in [3.05, 3.63) is 89.2 Å². The predicted molar refractivity (Wildman–Crippen MR) is 109 cm³/mol. The van der Waals surface area contributed by atoms with E-state index in [9.17, 15) is 4.79 Å². The minimum absolute atomic E-state index is 0.0719. The summed E-state index contributed by atoms with van der Waals surface area (Å²) in [5.74, 6) is 0.229. The summed E-state index contributed by atoms with van der Waals surface area (Å²) in [6, 6.07) is 21.1. The highest BCUT2D eigenvalue weighted by atomic mass is 16.2. The van der Waals surface area contributed by atoms with Crippen LogP contribution >= 0.6 is 0 Å². The molecule has 0 spiro atoms. The summed E-state index contributed by atoms with van der Waals surface area (Å²) >= 11 is 0. The number of hydrogen-bond donors (Lipinski definition) is 0. The molecule has 0 saturated carbocycles. The molecule has 4 rings (SSSR count). The first kappa shape index (κ1) is 17.6. The van der Waals surface area contributed by atoms with Gasteiger partial charge >= 0.3 is 0 Å². The van der Waals surface area contributed by atoms with Gasteiger partial charge in [0.25, 0.3) is 0 Å². The number of fused-ring (bicyclic) bond motifs is 3. The van der Waals surface area contributed by atoms with E-state index in [1.54, 1.807) is 0 Å². The van der Waals surface area contributed by atoms with Crippen LogP contribution in [0.15, 0.2) is 66.9 Å². The number of amides is 1. The molecule has 0 fully saturated rings. The lowest BCUT2D eigenvalue weighted by atomic mass is 9.99. The zero-order valence-corrected chi connectivity index (χ0v) is 16.1. The maximum atomic E-state index is 13.2. The number of aromatic nitrogens is 1. The molecular weight excluding hydrogens is 332 g/mol. The first-order valence-corrected chi connectivity index (χ1v) is 9.80. The first-order valence-electron chi connectivity index (χ1n) is 9.80. The topological polar surface area (TPSA) is 25.2 Å². The fourth-order valence-corrected chi connectivity index (χ4v) is 3.95. The van der Waals surface area contributed by atoms with Crippen LogP contribution in [-0.4, -0.2) is 15.4 Å². The molecule has 1 aromatic heterocycles. The lowest BCUT2D eigenvalue weighted by molar-refractivity contribution is -0.133. The van der Waals surface area contributed by atoms with E-state index >= 15 is 0 Å². The Balaban J connectivity index is 1.87. The molecule has 27 heavy (non-hydrogen) atoms. The Morgan fingerprint density at radius 1 is 1.04 bits per heavy atom. The number of para-hydroxylation sites is 1. The van der Waals surface area contributed by atoms with E-state index < -0.39 is 0 Å². The van der Waals surface area contributed by atoms with E-state index in [0.717, 1.165) is 18.5 Å². The quantitative estimate of drug-likeness (QED) is 0.612. The predicted octanol–water partition coefficient (Wildman–Crippen LogP) is 5.41. The van der Waals surface area contributed by atoms with E-state index in [1.165, 1.54) is 22.4 Å². The van der Waals surface area contributed by atoms with Gasteiger partial charge < -0.3 is 9.47 Å². The smallest absolute Gasteiger partial charge is 0.223 e. The van der Waals surface area contributed by atoms with Crippen molar-refractivity contribution in [1.82, 2.24) is 9.47 Å². The minimum Gasteiger partial charge on any atom is -0.326 e. The Bertz CT molecular complexity index is 939. The molecular formula is C24H26N2O. The average molecular weight is 358 g/mol. The van der Waals surface area contributed by atoms with E-state index in [1.807, 2.05) is 0 Å². The van der Waals surface area contributed by atoms with Crippen molar-refractivity contribution < 1.29 is 4.79 Å². The van der Waals surface area contributed by atoms with Crippen LogP contribution in [0.2, 0.25) is 0 Å². The van der Waals surface area contributed by atoms with Gasteiger partial charge in [0.2, 0.25) is 5.91 Å². The van der Waals surface area contributed by atoms with Gasteiger partial charge in [-0.1, -0.05) is 61.4 Å². The third kappa shape index (κ3) is 3.30. The largest absolute Gasteiger partial charge is 0.326 e. The Hall–Kier alpha value is -2.81. The van der Waals surface area contributed by atoms with Crippen molar-refractivity contribution >= 4 is 5.91 Å². The van der Waals surface area contributed by atoms with Crippen molar-refractivity contribution in [3.8, 4) is 5.69 Å². The monoisotopic (exact) mass is 358 g/mol. The van der Waals surface area contributed by atoms with Crippen LogP contribution in [0.1, 0.15) is 54.6 Å². The summed E-state index contributed by atoms with van der Waals surface area (Å²) in [5, 5.41) is 0. The van der Waals surface area contributed by atoms with E-state index in [2.05, 4.69) is 90.2 Å². The molecule has 1 atom stereocenters. The van der Waals surface area contributed by atoms with Crippen molar-refractivity contribution in [3.63, 3.8) is 0 Å². The highest BCUT2D eigenvalue weighted by Gasteiger charge is 2.32. The lowest BCUT2D eigenvalue weighted by Crippen LogP contribution is -2.34. The number of carbonyl (C=O) groups is 1. The van der Waals surface area contributed by atoms with Crippen LogP contribution in [0.25, 0.3) is 5.69 Å². The first-order chi connectivity index (χ1) is 13.2. The van der Waals surface area contributed by atoms with Crippen LogP contribution in [0.4, 0.5) is 0 Å². The van der Waals surface area contributed by atoms with Crippen LogP contribution in [0, 0.1) is 6.92 Å². The van der Waals surface area contributed by atoms with Gasteiger partial charge in [-0.25, -0.2) is 0 Å². The Morgan fingerprint density at radius 3 is 2.59 bits per heavy atom. The Kier molecular flexibility index (Phi) is 4.85. The molecule has 3 heteroatoms. The Labute approximate surface area is 161 Å². The number of benzene rings is 2. The van der Waals surface area contributed by atoms with Crippen molar-refractivity contribution in [2.75, 3.05) is 0 Å². The third-order valence-electron chi connectivity index (χ3n) is 5.42. The van der Waals surface area contributed by atoms with Gasteiger partial charge in [0.05, 0.1) is 11.7 Å². The van der Waals surface area contributed by atoms with Crippen molar-refractivity contribution in [1.29, 1.82) is 0 Å². The number of nitrogens with zero attached hydrogens (tertiary/aromatic N) is 2. The van der Waals surface area contributed by atoms with Crippen LogP contribution in [0.5, 0.6) is 0 Å². The molecule has 1 amide bonds. The molecule has 0 unspecified atom stereocenters. The van der Waals surface area contributed by atoms with Crippen LogP contribution in [0.3, 0.4) is 0 Å². The minimum atomic E-state index is -0.0719. The fourth-order valence-electron chi connectivity index (χ4n) is 3.95. The molecule has 1 aliphatic rings. The third-order valence-corrected chi connectivity index (χ3v) is 5.42. The molecule has 3 aromatic rings. The summed E-state index contributed by atoms with van der Waals surface area (Å²) < 4.78 is 2.24. The Morgan fingerprint density at radius 2 is 1.81 bits per heavy atom. The lowest BCUT2D eigenvalue weighted by Gasteiger charge is -2.31. The zero-order valence-electron chi connectivity index (χ0n) is 16.1.